The molecule has 1 aliphatic heterocycles. The zero-order valence-corrected chi connectivity index (χ0v) is 17.0. The lowest BCUT2D eigenvalue weighted by atomic mass is 10.1. The number of para-hydroxylation sites is 1. The molecule has 0 saturated carbocycles. The van der Waals surface area contributed by atoms with Gasteiger partial charge in [-0.3, -0.25) is 4.79 Å². The third-order valence-corrected chi connectivity index (χ3v) is 5.01. The molecule has 1 heterocycles. The predicted molar refractivity (Wildman–Crippen MR) is 108 cm³/mol. The fourth-order valence-corrected chi connectivity index (χ4v) is 3.95. The van der Waals surface area contributed by atoms with Crippen molar-refractivity contribution in [2.75, 3.05) is 43.6 Å². The highest BCUT2D eigenvalue weighted by Gasteiger charge is 2.21. The lowest BCUT2D eigenvalue weighted by Gasteiger charge is -2.31. The highest BCUT2D eigenvalue weighted by molar-refractivity contribution is 9.10. The van der Waals surface area contributed by atoms with Gasteiger partial charge in [-0.2, -0.15) is 0 Å². The summed E-state index contributed by atoms with van der Waals surface area (Å²) in [6.07, 6.45) is 0. The van der Waals surface area contributed by atoms with E-state index in [0.29, 0.717) is 35.2 Å². The highest BCUT2D eigenvalue weighted by Crippen LogP contribution is 2.35. The minimum atomic E-state index is -0.247. The minimum absolute atomic E-state index is 0.247. The van der Waals surface area contributed by atoms with E-state index in [1.807, 2.05) is 31.2 Å². The molecule has 3 rings (SSSR count). The SMILES string of the molecule is COc1c(C)cc(Br)cc1C(=O)Nc1cccc(Cl)c1N1CCOCC1. The summed E-state index contributed by atoms with van der Waals surface area (Å²) in [5.41, 5.74) is 2.83. The average molecular weight is 440 g/mol. The number of nitrogens with one attached hydrogen (secondary N) is 1. The van der Waals surface area contributed by atoms with E-state index in [4.69, 9.17) is 21.1 Å². The number of ether oxygens (including phenoxy) is 2. The van der Waals surface area contributed by atoms with Gasteiger partial charge in [-0.05, 0) is 36.8 Å². The Bertz CT molecular complexity index is 823. The smallest absolute Gasteiger partial charge is 0.259 e. The maximum absolute atomic E-state index is 12.9. The van der Waals surface area contributed by atoms with Gasteiger partial charge in [0.2, 0.25) is 0 Å². The predicted octanol–water partition coefficient (Wildman–Crippen LogP) is 4.51. The first-order valence-electron chi connectivity index (χ1n) is 8.28. The van der Waals surface area contributed by atoms with Crippen molar-refractivity contribution in [2.24, 2.45) is 0 Å². The van der Waals surface area contributed by atoms with Crippen molar-refractivity contribution in [2.45, 2.75) is 6.92 Å². The number of morpholine rings is 1. The largest absolute Gasteiger partial charge is 0.496 e. The Balaban J connectivity index is 1.95. The van der Waals surface area contributed by atoms with Gasteiger partial charge in [0.15, 0.2) is 0 Å². The fourth-order valence-electron chi connectivity index (χ4n) is 3.08. The van der Waals surface area contributed by atoms with Crippen molar-refractivity contribution in [3.05, 3.63) is 51.0 Å². The fraction of sp³-hybridized carbons (Fsp3) is 0.316. The van der Waals surface area contributed by atoms with Crippen LogP contribution >= 0.6 is 27.5 Å². The summed E-state index contributed by atoms with van der Waals surface area (Å²) in [5.74, 6) is 0.309. The number of carbonyl (C=O) groups excluding carboxylic acids is 1. The molecule has 5 nitrogen and oxygen atoms in total. The van der Waals surface area contributed by atoms with Crippen molar-refractivity contribution >= 4 is 44.8 Å². The Labute approximate surface area is 166 Å². The van der Waals surface area contributed by atoms with E-state index in [9.17, 15) is 4.79 Å². The number of benzene rings is 2. The van der Waals surface area contributed by atoms with E-state index in [1.165, 1.54) is 0 Å². The number of anilines is 2. The number of carbonyl (C=O) groups is 1. The van der Waals surface area contributed by atoms with Gasteiger partial charge in [-0.15, -0.1) is 0 Å². The number of amides is 1. The molecule has 0 spiro atoms. The molecule has 0 aromatic heterocycles. The monoisotopic (exact) mass is 438 g/mol. The third-order valence-electron chi connectivity index (χ3n) is 4.25. The summed E-state index contributed by atoms with van der Waals surface area (Å²) in [4.78, 5) is 15.1. The standard InChI is InChI=1S/C19H20BrClN2O3/c1-12-10-13(20)11-14(18(12)25-2)19(24)22-16-5-3-4-15(21)17(16)23-6-8-26-9-7-23/h3-5,10-11H,6-9H2,1-2H3,(H,22,24). The molecule has 1 saturated heterocycles. The molecule has 0 radical (unpaired) electrons. The van der Waals surface area contributed by atoms with Crippen LogP contribution in [0.1, 0.15) is 15.9 Å². The van der Waals surface area contributed by atoms with Gasteiger partial charge in [0.05, 0.1) is 42.3 Å². The lowest BCUT2D eigenvalue weighted by molar-refractivity contribution is 0.102. The van der Waals surface area contributed by atoms with Crippen LogP contribution in [0.25, 0.3) is 0 Å². The summed E-state index contributed by atoms with van der Waals surface area (Å²) in [6, 6.07) is 9.16. The molecule has 138 valence electrons. The maximum atomic E-state index is 12.9. The number of methoxy groups -OCH3 is 1. The van der Waals surface area contributed by atoms with Crippen molar-refractivity contribution in [3.8, 4) is 5.75 Å². The van der Waals surface area contributed by atoms with Crippen LogP contribution in [0.15, 0.2) is 34.8 Å². The molecule has 2 aromatic rings. The molecule has 7 heteroatoms. The molecular formula is C19H20BrClN2O3. The first-order valence-corrected chi connectivity index (χ1v) is 9.45. The topological polar surface area (TPSA) is 50.8 Å². The van der Waals surface area contributed by atoms with Crippen LogP contribution in [0.5, 0.6) is 5.75 Å². The van der Waals surface area contributed by atoms with Crippen molar-refractivity contribution < 1.29 is 14.3 Å². The molecule has 0 aliphatic carbocycles. The molecule has 0 bridgehead atoms. The first-order chi connectivity index (χ1) is 12.5. The summed E-state index contributed by atoms with van der Waals surface area (Å²) >= 11 is 9.88. The van der Waals surface area contributed by atoms with Crippen LogP contribution in [0, 0.1) is 6.92 Å². The summed E-state index contributed by atoms with van der Waals surface area (Å²) in [5, 5.41) is 3.59. The number of halogens is 2. The van der Waals surface area contributed by atoms with E-state index in [0.717, 1.165) is 28.8 Å². The summed E-state index contributed by atoms with van der Waals surface area (Å²) in [7, 11) is 1.56. The van der Waals surface area contributed by atoms with Crippen molar-refractivity contribution in [1.29, 1.82) is 0 Å². The Morgan fingerprint density at radius 1 is 1.31 bits per heavy atom. The van der Waals surface area contributed by atoms with Gasteiger partial charge in [0.25, 0.3) is 5.91 Å². The van der Waals surface area contributed by atoms with Crippen LogP contribution in [-0.4, -0.2) is 39.3 Å². The maximum Gasteiger partial charge on any atom is 0.259 e. The quantitative estimate of drug-likeness (QED) is 0.761. The van der Waals surface area contributed by atoms with E-state index in [1.54, 1.807) is 13.2 Å². The molecule has 1 amide bonds. The Morgan fingerprint density at radius 3 is 2.73 bits per heavy atom. The number of rotatable bonds is 4. The number of hydrogen-bond acceptors (Lipinski definition) is 4. The average Bonchev–Trinajstić information content (AvgIpc) is 2.62. The second-order valence-electron chi connectivity index (χ2n) is 5.99. The normalized spacial score (nSPS) is 14.2. The molecule has 1 N–H and O–H groups in total. The summed E-state index contributed by atoms with van der Waals surface area (Å²) in [6.45, 7) is 4.63. The molecule has 2 aromatic carbocycles. The molecule has 1 aliphatic rings. The van der Waals surface area contributed by atoms with Crippen LogP contribution in [0.3, 0.4) is 0 Å². The van der Waals surface area contributed by atoms with Crippen LogP contribution in [-0.2, 0) is 4.74 Å². The van der Waals surface area contributed by atoms with Crippen molar-refractivity contribution in [1.82, 2.24) is 0 Å². The van der Waals surface area contributed by atoms with Crippen LogP contribution in [0.4, 0.5) is 11.4 Å². The molecular weight excluding hydrogens is 420 g/mol. The Morgan fingerprint density at radius 2 is 2.04 bits per heavy atom. The second kappa shape index (κ2) is 8.29. The van der Waals surface area contributed by atoms with Gasteiger partial charge in [0.1, 0.15) is 5.75 Å². The lowest BCUT2D eigenvalue weighted by Crippen LogP contribution is -2.37. The van der Waals surface area contributed by atoms with Gasteiger partial charge < -0.3 is 19.7 Å². The number of hydrogen-bond donors (Lipinski definition) is 1. The van der Waals surface area contributed by atoms with Gasteiger partial charge in [-0.25, -0.2) is 0 Å². The highest BCUT2D eigenvalue weighted by atomic mass is 79.9. The molecule has 0 unspecified atom stereocenters. The molecule has 1 fully saturated rings. The Hall–Kier alpha value is -1.76. The van der Waals surface area contributed by atoms with Gasteiger partial charge >= 0.3 is 0 Å². The zero-order chi connectivity index (χ0) is 18.7. The van der Waals surface area contributed by atoms with Crippen LogP contribution < -0.4 is 15.0 Å². The van der Waals surface area contributed by atoms with E-state index in [-0.39, 0.29) is 5.91 Å². The second-order valence-corrected chi connectivity index (χ2v) is 7.32. The Kier molecular flexibility index (Phi) is 6.06. The van der Waals surface area contributed by atoms with Gasteiger partial charge in [-0.1, -0.05) is 33.6 Å². The first kappa shape index (κ1) is 19.0. The van der Waals surface area contributed by atoms with Crippen LogP contribution in [0.2, 0.25) is 5.02 Å². The number of nitrogens with zero attached hydrogens (tertiary/aromatic N) is 1. The van der Waals surface area contributed by atoms with E-state index in [2.05, 4.69) is 26.1 Å². The summed E-state index contributed by atoms with van der Waals surface area (Å²) < 4.78 is 11.7. The molecule has 0 atom stereocenters. The minimum Gasteiger partial charge on any atom is -0.496 e. The number of aryl methyl sites for hydroxylation is 1. The van der Waals surface area contributed by atoms with Crippen molar-refractivity contribution in [3.63, 3.8) is 0 Å². The third kappa shape index (κ3) is 3.98. The van der Waals surface area contributed by atoms with Gasteiger partial charge in [0, 0.05) is 17.6 Å². The molecule has 26 heavy (non-hydrogen) atoms. The zero-order valence-electron chi connectivity index (χ0n) is 14.6. The van der Waals surface area contributed by atoms with E-state index < -0.39 is 0 Å². The van der Waals surface area contributed by atoms with E-state index >= 15 is 0 Å².